The molecule has 0 saturated carbocycles. The number of nitro groups is 1. The van der Waals surface area contributed by atoms with E-state index in [9.17, 15) is 20.2 Å². The lowest BCUT2D eigenvalue weighted by Gasteiger charge is -2.03. The minimum Gasteiger partial charge on any atom is -0.457 e. The van der Waals surface area contributed by atoms with Crippen molar-refractivity contribution in [2.24, 2.45) is 0 Å². The highest BCUT2D eigenvalue weighted by Crippen LogP contribution is 2.25. The Labute approximate surface area is 159 Å². The van der Waals surface area contributed by atoms with Crippen LogP contribution in [0.1, 0.15) is 11.3 Å². The third kappa shape index (κ3) is 4.47. The van der Waals surface area contributed by atoms with Crippen molar-refractivity contribution in [3.05, 3.63) is 87.9 Å². The fourth-order valence-corrected chi connectivity index (χ4v) is 2.40. The molecule has 3 rings (SSSR count). The van der Waals surface area contributed by atoms with Gasteiger partial charge in [0, 0.05) is 42.7 Å². The molecule has 0 aliphatic rings. The Hall–Kier alpha value is -4.25. The van der Waals surface area contributed by atoms with Gasteiger partial charge >= 0.3 is 0 Å². The molecular formula is C20H14N4O4. The maximum Gasteiger partial charge on any atom is 0.269 e. The van der Waals surface area contributed by atoms with E-state index >= 15 is 0 Å². The van der Waals surface area contributed by atoms with E-state index in [2.05, 4.69) is 10.3 Å². The zero-order valence-corrected chi connectivity index (χ0v) is 14.5. The number of nitro benzene ring substituents is 1. The first kappa shape index (κ1) is 18.5. The maximum absolute atomic E-state index is 12.2. The molecule has 8 nitrogen and oxygen atoms in total. The highest BCUT2D eigenvalue weighted by Gasteiger charge is 2.12. The Kier molecular flexibility index (Phi) is 5.58. The van der Waals surface area contributed by atoms with Gasteiger partial charge < -0.3 is 9.73 Å². The molecule has 0 aliphatic heterocycles. The fourth-order valence-electron chi connectivity index (χ4n) is 2.40. The minimum absolute atomic E-state index is 0.0209. The van der Waals surface area contributed by atoms with E-state index in [0.29, 0.717) is 17.1 Å². The number of non-ortho nitro benzene ring substituents is 1. The first-order chi connectivity index (χ1) is 13.6. The summed E-state index contributed by atoms with van der Waals surface area (Å²) in [6, 6.07) is 14.6. The summed E-state index contributed by atoms with van der Waals surface area (Å²) in [5, 5.41) is 22.6. The standard InChI is InChI=1S/C20H14N4O4/c21-11-16(20(25)23-13-14-2-1-9-22-12-14)10-18-7-8-19(28-18)15-3-5-17(6-4-15)24(26)27/h1-10,12H,13H2,(H,23,25)/b16-10-. The molecule has 138 valence electrons. The summed E-state index contributed by atoms with van der Waals surface area (Å²) in [6.45, 7) is 0.248. The number of pyridine rings is 1. The highest BCUT2D eigenvalue weighted by molar-refractivity contribution is 6.01. The van der Waals surface area contributed by atoms with Gasteiger partial charge in [-0.25, -0.2) is 0 Å². The van der Waals surface area contributed by atoms with Gasteiger partial charge in [-0.3, -0.25) is 19.9 Å². The van der Waals surface area contributed by atoms with Crippen LogP contribution in [-0.2, 0) is 11.3 Å². The summed E-state index contributed by atoms with van der Waals surface area (Å²) in [5.41, 5.74) is 1.33. The number of amides is 1. The normalized spacial score (nSPS) is 10.9. The summed E-state index contributed by atoms with van der Waals surface area (Å²) in [7, 11) is 0. The van der Waals surface area contributed by atoms with E-state index < -0.39 is 10.8 Å². The van der Waals surface area contributed by atoms with Gasteiger partial charge in [-0.15, -0.1) is 0 Å². The van der Waals surface area contributed by atoms with Gasteiger partial charge in [0.2, 0.25) is 0 Å². The lowest BCUT2D eigenvalue weighted by atomic mass is 10.1. The summed E-state index contributed by atoms with van der Waals surface area (Å²) in [4.78, 5) is 26.4. The van der Waals surface area contributed by atoms with E-state index in [0.717, 1.165) is 5.56 Å². The van der Waals surface area contributed by atoms with Gasteiger partial charge in [0.05, 0.1) is 4.92 Å². The monoisotopic (exact) mass is 374 g/mol. The summed E-state index contributed by atoms with van der Waals surface area (Å²) >= 11 is 0. The topological polar surface area (TPSA) is 122 Å². The van der Waals surface area contributed by atoms with Gasteiger partial charge in [-0.2, -0.15) is 5.26 Å². The maximum atomic E-state index is 12.2. The molecule has 0 saturated heterocycles. The van der Waals surface area contributed by atoms with Gasteiger partial charge in [-0.1, -0.05) is 6.07 Å². The molecule has 0 aliphatic carbocycles. The number of nitriles is 1. The lowest BCUT2D eigenvalue weighted by Crippen LogP contribution is -2.23. The SMILES string of the molecule is N#C/C(=C/c1ccc(-c2ccc([N+](=O)[O-])cc2)o1)C(=O)NCc1cccnc1. The molecule has 3 aromatic rings. The summed E-state index contributed by atoms with van der Waals surface area (Å²) < 4.78 is 5.63. The molecule has 0 atom stereocenters. The molecule has 0 bridgehead atoms. The van der Waals surface area contributed by atoms with Crippen LogP contribution in [0, 0.1) is 21.4 Å². The number of hydrogen-bond donors (Lipinski definition) is 1. The van der Waals surface area contributed by atoms with Crippen LogP contribution >= 0.6 is 0 Å². The third-order valence-electron chi connectivity index (χ3n) is 3.82. The fraction of sp³-hybridized carbons (Fsp3) is 0.0500. The first-order valence-electron chi connectivity index (χ1n) is 8.20. The Balaban J connectivity index is 1.72. The van der Waals surface area contributed by atoms with E-state index in [-0.39, 0.29) is 17.8 Å². The number of carbonyl (C=O) groups excluding carboxylic acids is 1. The van der Waals surface area contributed by atoms with Crippen molar-refractivity contribution >= 4 is 17.7 Å². The molecule has 0 radical (unpaired) electrons. The Morgan fingerprint density at radius 3 is 2.68 bits per heavy atom. The van der Waals surface area contributed by atoms with E-state index in [1.807, 2.05) is 12.1 Å². The van der Waals surface area contributed by atoms with Crippen molar-refractivity contribution in [3.63, 3.8) is 0 Å². The molecule has 8 heteroatoms. The van der Waals surface area contributed by atoms with Crippen LogP contribution in [0.3, 0.4) is 0 Å². The van der Waals surface area contributed by atoms with Crippen molar-refractivity contribution < 1.29 is 14.1 Å². The zero-order chi connectivity index (χ0) is 19.9. The van der Waals surface area contributed by atoms with E-state index in [4.69, 9.17) is 4.42 Å². The molecule has 0 fully saturated rings. The molecular weight excluding hydrogens is 360 g/mol. The number of hydrogen-bond acceptors (Lipinski definition) is 6. The summed E-state index contributed by atoms with van der Waals surface area (Å²) in [5.74, 6) is 0.260. The highest BCUT2D eigenvalue weighted by atomic mass is 16.6. The average molecular weight is 374 g/mol. The van der Waals surface area contributed by atoms with Crippen LogP contribution in [0.4, 0.5) is 5.69 Å². The van der Waals surface area contributed by atoms with Gasteiger partial charge in [0.1, 0.15) is 23.2 Å². The van der Waals surface area contributed by atoms with Gasteiger partial charge in [0.15, 0.2) is 0 Å². The number of nitrogens with one attached hydrogen (secondary N) is 1. The molecule has 0 spiro atoms. The quantitative estimate of drug-likeness (QED) is 0.305. The second-order valence-corrected chi connectivity index (χ2v) is 5.72. The van der Waals surface area contributed by atoms with Crippen LogP contribution in [0.2, 0.25) is 0 Å². The Morgan fingerprint density at radius 2 is 2.04 bits per heavy atom. The molecule has 2 aromatic heterocycles. The third-order valence-corrected chi connectivity index (χ3v) is 3.82. The van der Waals surface area contributed by atoms with Gasteiger partial charge in [0.25, 0.3) is 11.6 Å². The lowest BCUT2D eigenvalue weighted by molar-refractivity contribution is -0.384. The summed E-state index contributed by atoms with van der Waals surface area (Å²) in [6.07, 6.45) is 4.60. The van der Waals surface area contributed by atoms with Crippen LogP contribution in [0.25, 0.3) is 17.4 Å². The van der Waals surface area contributed by atoms with Crippen LogP contribution in [0.15, 0.2) is 70.9 Å². The Morgan fingerprint density at radius 1 is 1.25 bits per heavy atom. The molecule has 0 unspecified atom stereocenters. The van der Waals surface area contributed by atoms with Gasteiger partial charge in [-0.05, 0) is 35.9 Å². The van der Waals surface area contributed by atoms with E-state index in [1.54, 1.807) is 42.7 Å². The average Bonchev–Trinajstić information content (AvgIpc) is 3.19. The van der Waals surface area contributed by atoms with Crippen LogP contribution in [-0.4, -0.2) is 15.8 Å². The van der Waals surface area contributed by atoms with Crippen molar-refractivity contribution in [1.29, 1.82) is 5.26 Å². The van der Waals surface area contributed by atoms with Crippen LogP contribution < -0.4 is 5.32 Å². The van der Waals surface area contributed by atoms with Crippen LogP contribution in [0.5, 0.6) is 0 Å². The van der Waals surface area contributed by atoms with Crippen molar-refractivity contribution in [3.8, 4) is 17.4 Å². The Bertz CT molecular complexity index is 1060. The smallest absolute Gasteiger partial charge is 0.269 e. The largest absolute Gasteiger partial charge is 0.457 e. The first-order valence-corrected chi connectivity index (χ1v) is 8.20. The molecule has 1 aromatic carbocycles. The number of rotatable bonds is 6. The number of furan rings is 1. The van der Waals surface area contributed by atoms with Crippen molar-refractivity contribution in [1.82, 2.24) is 10.3 Å². The number of benzene rings is 1. The minimum atomic E-state index is -0.528. The number of aromatic nitrogens is 1. The number of carbonyl (C=O) groups is 1. The predicted octanol–water partition coefficient (Wildman–Crippen LogP) is 3.47. The zero-order valence-electron chi connectivity index (χ0n) is 14.5. The number of nitrogens with zero attached hydrogens (tertiary/aromatic N) is 3. The molecule has 1 N–H and O–H groups in total. The van der Waals surface area contributed by atoms with E-state index in [1.165, 1.54) is 18.2 Å². The molecule has 1 amide bonds. The second kappa shape index (κ2) is 8.42. The predicted molar refractivity (Wildman–Crippen MR) is 100 cm³/mol. The van der Waals surface area contributed by atoms with Crippen molar-refractivity contribution in [2.45, 2.75) is 6.54 Å². The molecule has 2 heterocycles. The molecule has 28 heavy (non-hydrogen) atoms. The van der Waals surface area contributed by atoms with Crippen molar-refractivity contribution in [2.75, 3.05) is 0 Å². The second-order valence-electron chi connectivity index (χ2n) is 5.72.